The highest BCUT2D eigenvalue weighted by atomic mass is 35.5. The highest BCUT2D eigenvalue weighted by Gasteiger charge is 2.25. The highest BCUT2D eigenvalue weighted by Crippen LogP contribution is 2.31. The van der Waals surface area contributed by atoms with Gasteiger partial charge in [-0.3, -0.25) is 9.36 Å². The fourth-order valence-electron chi connectivity index (χ4n) is 4.44. The van der Waals surface area contributed by atoms with E-state index in [9.17, 15) is 9.59 Å². The van der Waals surface area contributed by atoms with E-state index in [0.717, 1.165) is 31.3 Å². The van der Waals surface area contributed by atoms with Gasteiger partial charge in [-0.2, -0.15) is 0 Å². The maximum Gasteiger partial charge on any atom is 0.340 e. The summed E-state index contributed by atoms with van der Waals surface area (Å²) in [5.74, 6) is -0.140. The van der Waals surface area contributed by atoms with Gasteiger partial charge in [-0.25, -0.2) is 4.79 Å². The molecule has 0 aliphatic rings. The lowest BCUT2D eigenvalue weighted by atomic mass is 10.1. The van der Waals surface area contributed by atoms with Crippen molar-refractivity contribution in [2.45, 2.75) is 60.3 Å². The lowest BCUT2D eigenvalue weighted by Gasteiger charge is -2.08. The number of carbonyl (C=O) groups is 2. The second-order valence-electron chi connectivity index (χ2n) is 10.0. The molecule has 6 heteroatoms. The van der Waals surface area contributed by atoms with Crippen molar-refractivity contribution in [3.8, 4) is 5.75 Å². The number of rotatable bonds is 11. The molecular formula is C33H38ClNO4. The van der Waals surface area contributed by atoms with Gasteiger partial charge >= 0.3 is 5.97 Å². The molecule has 39 heavy (non-hydrogen) atoms. The number of allylic oxidation sites excluding steroid dienone is 5. The van der Waals surface area contributed by atoms with E-state index >= 15 is 0 Å². The van der Waals surface area contributed by atoms with Gasteiger partial charge < -0.3 is 9.47 Å². The summed E-state index contributed by atoms with van der Waals surface area (Å²) < 4.78 is 12.6. The fraction of sp³-hybridized carbons (Fsp3) is 0.333. The van der Waals surface area contributed by atoms with E-state index in [0.29, 0.717) is 38.5 Å². The Labute approximate surface area is 236 Å². The molecule has 3 aromatic rings. The molecule has 3 rings (SSSR count). The highest BCUT2D eigenvalue weighted by molar-refractivity contribution is 6.30. The summed E-state index contributed by atoms with van der Waals surface area (Å²) in [5, 5.41) is 1.15. The van der Waals surface area contributed by atoms with Crippen LogP contribution in [0.25, 0.3) is 10.9 Å². The first-order valence-electron chi connectivity index (χ1n) is 13.2. The number of halogens is 1. The van der Waals surface area contributed by atoms with Crippen molar-refractivity contribution in [3.63, 3.8) is 0 Å². The predicted octanol–water partition coefficient (Wildman–Crippen LogP) is 8.88. The molecule has 0 aliphatic carbocycles. The number of hydrogen-bond acceptors (Lipinski definition) is 4. The zero-order valence-corrected chi connectivity index (χ0v) is 24.5. The molecule has 1 heterocycles. The first kappa shape index (κ1) is 30.0. The zero-order valence-electron chi connectivity index (χ0n) is 23.8. The summed E-state index contributed by atoms with van der Waals surface area (Å²) >= 11 is 6.01. The van der Waals surface area contributed by atoms with E-state index in [4.69, 9.17) is 21.1 Å². The minimum absolute atomic E-state index is 0.162. The first-order valence-corrected chi connectivity index (χ1v) is 13.6. The van der Waals surface area contributed by atoms with Gasteiger partial charge in [0.15, 0.2) is 0 Å². The van der Waals surface area contributed by atoms with Crippen LogP contribution in [-0.2, 0) is 4.74 Å². The average Bonchev–Trinajstić information content (AvgIpc) is 3.19. The summed E-state index contributed by atoms with van der Waals surface area (Å²) in [6, 6.07) is 12.0. The standard InChI is InChI=1S/C33H38ClNO4/c1-22(2)9-7-10-23(3)11-8-12-24(4)19-20-39-33(37)31-25(5)35(30-18-17-28(38-6)21-29(30)31)32(36)26-13-15-27(34)16-14-26/h9,11,13-19,21H,7-8,10,12,20H2,1-6H3/b23-11+,24-19+. The van der Waals surface area contributed by atoms with Crippen LogP contribution in [0.3, 0.4) is 0 Å². The molecule has 206 valence electrons. The van der Waals surface area contributed by atoms with Crippen molar-refractivity contribution in [1.29, 1.82) is 0 Å². The summed E-state index contributed by atoms with van der Waals surface area (Å²) in [4.78, 5) is 26.7. The third-order valence-corrected chi connectivity index (χ3v) is 6.93. The van der Waals surface area contributed by atoms with Crippen molar-refractivity contribution in [3.05, 3.63) is 99.3 Å². The molecule has 0 aliphatic heterocycles. The Morgan fingerprint density at radius 3 is 2.18 bits per heavy atom. The molecule has 0 saturated carbocycles. The normalized spacial score (nSPS) is 12.0. The Morgan fingerprint density at radius 2 is 1.54 bits per heavy atom. The number of hydrogen-bond donors (Lipinski definition) is 0. The predicted molar refractivity (Wildman–Crippen MR) is 160 cm³/mol. The van der Waals surface area contributed by atoms with Gasteiger partial charge in [-0.05, 0) is 109 Å². The molecule has 2 aromatic carbocycles. The average molecular weight is 548 g/mol. The van der Waals surface area contributed by atoms with E-state index in [1.165, 1.54) is 11.1 Å². The molecule has 0 spiro atoms. The molecule has 0 atom stereocenters. The summed E-state index contributed by atoms with van der Waals surface area (Å²) in [6.45, 7) is 10.4. The Bertz CT molecular complexity index is 1420. The third-order valence-electron chi connectivity index (χ3n) is 6.68. The quantitative estimate of drug-likeness (QED) is 0.178. The summed E-state index contributed by atoms with van der Waals surface area (Å²) in [5.41, 5.74) is 5.85. The monoisotopic (exact) mass is 547 g/mol. The number of benzene rings is 2. The summed E-state index contributed by atoms with van der Waals surface area (Å²) in [7, 11) is 1.56. The van der Waals surface area contributed by atoms with Gasteiger partial charge in [-0.15, -0.1) is 0 Å². The Kier molecular flexibility index (Phi) is 10.8. The van der Waals surface area contributed by atoms with Crippen LogP contribution < -0.4 is 4.74 Å². The minimum Gasteiger partial charge on any atom is -0.497 e. The molecule has 1 aromatic heterocycles. The molecule has 5 nitrogen and oxygen atoms in total. The van der Waals surface area contributed by atoms with Gasteiger partial charge in [0.05, 0.1) is 18.2 Å². The van der Waals surface area contributed by atoms with Crippen molar-refractivity contribution >= 4 is 34.4 Å². The molecule has 0 fully saturated rings. The van der Waals surface area contributed by atoms with Crippen molar-refractivity contribution in [2.75, 3.05) is 13.7 Å². The SMILES string of the molecule is COc1ccc2c(c1)c(C(=O)OC/C=C(\C)CC/C=C(\C)CCC=C(C)C)c(C)n2C(=O)c1ccc(Cl)cc1. The van der Waals surface area contributed by atoms with Crippen LogP contribution >= 0.6 is 11.6 Å². The number of nitrogens with zero attached hydrogens (tertiary/aromatic N) is 1. The van der Waals surface area contributed by atoms with Gasteiger partial charge in [0.25, 0.3) is 5.91 Å². The van der Waals surface area contributed by atoms with Crippen LogP contribution in [0, 0.1) is 6.92 Å². The molecule has 0 unspecified atom stereocenters. The minimum atomic E-state index is -0.479. The van der Waals surface area contributed by atoms with Gasteiger partial charge in [-0.1, -0.05) is 40.5 Å². The largest absolute Gasteiger partial charge is 0.497 e. The van der Waals surface area contributed by atoms with Crippen molar-refractivity contribution < 1.29 is 19.1 Å². The molecule has 0 saturated heterocycles. The van der Waals surface area contributed by atoms with E-state index < -0.39 is 5.97 Å². The van der Waals surface area contributed by atoms with Gasteiger partial charge in [0.1, 0.15) is 12.4 Å². The van der Waals surface area contributed by atoms with Crippen LogP contribution in [0.4, 0.5) is 0 Å². The Hall–Kier alpha value is -3.57. The van der Waals surface area contributed by atoms with Crippen LogP contribution in [0.15, 0.2) is 77.4 Å². The van der Waals surface area contributed by atoms with Crippen LogP contribution in [-0.4, -0.2) is 30.2 Å². The Morgan fingerprint density at radius 1 is 0.897 bits per heavy atom. The third kappa shape index (κ3) is 7.96. The van der Waals surface area contributed by atoms with Gasteiger partial charge in [0, 0.05) is 21.7 Å². The van der Waals surface area contributed by atoms with Gasteiger partial charge in [0.2, 0.25) is 0 Å². The number of carbonyl (C=O) groups excluding carboxylic acids is 2. The Balaban J connectivity index is 1.75. The van der Waals surface area contributed by atoms with E-state index in [2.05, 4.69) is 32.9 Å². The lowest BCUT2D eigenvalue weighted by molar-refractivity contribution is 0.0550. The van der Waals surface area contributed by atoms with Crippen LogP contribution in [0.5, 0.6) is 5.75 Å². The molecular weight excluding hydrogens is 510 g/mol. The number of fused-ring (bicyclic) bond motifs is 1. The first-order chi connectivity index (χ1) is 18.6. The second-order valence-corrected chi connectivity index (χ2v) is 10.5. The van der Waals surface area contributed by atoms with E-state index in [1.54, 1.807) is 61.1 Å². The number of methoxy groups -OCH3 is 1. The summed E-state index contributed by atoms with van der Waals surface area (Å²) in [6.07, 6.45) is 10.5. The molecule has 0 radical (unpaired) electrons. The molecule has 0 amide bonds. The second kappa shape index (κ2) is 14.0. The van der Waals surface area contributed by atoms with Crippen LogP contribution in [0.2, 0.25) is 5.02 Å². The lowest BCUT2D eigenvalue weighted by Crippen LogP contribution is -2.15. The topological polar surface area (TPSA) is 57.5 Å². The van der Waals surface area contributed by atoms with Crippen molar-refractivity contribution in [2.24, 2.45) is 0 Å². The fourth-order valence-corrected chi connectivity index (χ4v) is 4.56. The van der Waals surface area contributed by atoms with E-state index in [1.807, 2.05) is 13.0 Å². The van der Waals surface area contributed by atoms with Crippen LogP contribution in [0.1, 0.15) is 79.8 Å². The maximum atomic E-state index is 13.4. The van der Waals surface area contributed by atoms with E-state index in [-0.39, 0.29) is 12.5 Å². The van der Waals surface area contributed by atoms with Crippen molar-refractivity contribution in [1.82, 2.24) is 4.57 Å². The maximum absolute atomic E-state index is 13.4. The zero-order chi connectivity index (χ0) is 28.5. The smallest absolute Gasteiger partial charge is 0.340 e. The molecule has 0 bridgehead atoms. The number of aromatic nitrogens is 1. The molecule has 0 N–H and O–H groups in total. The number of ether oxygens (including phenoxy) is 2. The number of esters is 1.